The van der Waals surface area contributed by atoms with Crippen molar-refractivity contribution in [3.05, 3.63) is 40.5 Å². The van der Waals surface area contributed by atoms with Crippen LogP contribution in [-0.4, -0.2) is 51.6 Å². The Bertz CT molecular complexity index is 932. The fourth-order valence-electron chi connectivity index (χ4n) is 2.87. The zero-order valence-corrected chi connectivity index (χ0v) is 18.4. The molecule has 2 heterocycles. The van der Waals surface area contributed by atoms with E-state index in [-0.39, 0.29) is 29.6 Å². The van der Waals surface area contributed by atoms with Gasteiger partial charge in [-0.15, -0.1) is 11.3 Å². The number of hydrogen-bond donors (Lipinski definition) is 1. The van der Waals surface area contributed by atoms with E-state index in [0.29, 0.717) is 12.2 Å². The number of ketones is 1. The average Bonchev–Trinajstić information content (AvgIpc) is 3.30. The van der Waals surface area contributed by atoms with Crippen LogP contribution < -0.4 is 4.72 Å². The molecule has 160 valence electrons. The summed E-state index contributed by atoms with van der Waals surface area (Å²) in [5.41, 5.74) is 2.30. The van der Waals surface area contributed by atoms with Gasteiger partial charge in [0.15, 0.2) is 6.61 Å². The molecular formula is C19H26N2O6S2. The van der Waals surface area contributed by atoms with Crippen molar-refractivity contribution in [1.82, 2.24) is 9.29 Å². The van der Waals surface area contributed by atoms with Gasteiger partial charge in [0.25, 0.3) is 0 Å². The first-order chi connectivity index (χ1) is 13.8. The number of esters is 1. The third kappa shape index (κ3) is 6.49. The summed E-state index contributed by atoms with van der Waals surface area (Å²) in [5, 5.41) is 1.66. The molecule has 0 radical (unpaired) electrons. The number of aromatic nitrogens is 1. The molecule has 2 aromatic heterocycles. The molecule has 0 saturated carbocycles. The highest BCUT2D eigenvalue weighted by Crippen LogP contribution is 2.17. The molecule has 0 aromatic carbocycles. The number of nitrogens with one attached hydrogen (secondary N) is 1. The highest BCUT2D eigenvalue weighted by molar-refractivity contribution is 7.91. The largest absolute Gasteiger partial charge is 0.457 e. The van der Waals surface area contributed by atoms with Gasteiger partial charge in [-0.2, -0.15) is 0 Å². The van der Waals surface area contributed by atoms with Crippen molar-refractivity contribution < 1.29 is 27.5 Å². The lowest BCUT2D eigenvalue weighted by molar-refractivity contribution is -0.142. The minimum atomic E-state index is -3.62. The van der Waals surface area contributed by atoms with Gasteiger partial charge in [-0.3, -0.25) is 9.59 Å². The van der Waals surface area contributed by atoms with Gasteiger partial charge in [0.2, 0.25) is 15.8 Å². The van der Waals surface area contributed by atoms with Gasteiger partial charge in [0.1, 0.15) is 4.21 Å². The number of nitrogens with zero attached hydrogens (tertiary/aromatic N) is 1. The smallest absolute Gasteiger partial charge is 0.307 e. The van der Waals surface area contributed by atoms with E-state index in [2.05, 4.69) is 4.72 Å². The molecule has 0 saturated heterocycles. The van der Waals surface area contributed by atoms with E-state index in [1.807, 2.05) is 18.4 Å². The predicted octanol–water partition coefficient (Wildman–Crippen LogP) is 2.30. The summed E-state index contributed by atoms with van der Waals surface area (Å²) in [6.07, 6.45) is 0.671. The molecule has 0 bridgehead atoms. The van der Waals surface area contributed by atoms with Gasteiger partial charge in [0, 0.05) is 43.8 Å². The Kier molecular flexibility index (Phi) is 8.57. The molecule has 2 aromatic rings. The second-order valence-electron chi connectivity index (χ2n) is 6.45. The molecule has 0 aliphatic carbocycles. The van der Waals surface area contributed by atoms with Crippen molar-refractivity contribution in [2.45, 2.75) is 37.4 Å². The Morgan fingerprint density at radius 2 is 2.03 bits per heavy atom. The summed E-state index contributed by atoms with van der Waals surface area (Å²) in [6.45, 7) is 4.67. The standard InChI is InChI=1S/C19H26N2O6S2/c1-14-12-16(15(2)21(14)9-5-10-26-3)17(22)13-27-18(23)7-8-20-29(24,25)19-6-4-11-28-19/h4,6,11-12,20H,5,7-10,13H2,1-3H3. The average molecular weight is 443 g/mol. The van der Waals surface area contributed by atoms with Crippen molar-refractivity contribution >= 4 is 33.1 Å². The van der Waals surface area contributed by atoms with Crippen LogP contribution in [-0.2, 0) is 30.8 Å². The number of sulfonamides is 1. The lowest BCUT2D eigenvalue weighted by Gasteiger charge is -2.09. The van der Waals surface area contributed by atoms with E-state index in [9.17, 15) is 18.0 Å². The van der Waals surface area contributed by atoms with Crippen LogP contribution in [0.4, 0.5) is 0 Å². The van der Waals surface area contributed by atoms with Crippen LogP contribution in [0.25, 0.3) is 0 Å². The first-order valence-electron chi connectivity index (χ1n) is 9.14. The zero-order chi connectivity index (χ0) is 21.4. The molecule has 0 aliphatic heterocycles. The SMILES string of the molecule is COCCCn1c(C)cc(C(=O)COC(=O)CCNS(=O)(=O)c2cccs2)c1C. The maximum atomic E-state index is 12.4. The number of aryl methyl sites for hydroxylation is 1. The van der Waals surface area contributed by atoms with E-state index in [4.69, 9.17) is 9.47 Å². The van der Waals surface area contributed by atoms with Gasteiger partial charge < -0.3 is 14.0 Å². The molecule has 1 N–H and O–H groups in total. The van der Waals surface area contributed by atoms with Gasteiger partial charge in [0.05, 0.1) is 6.42 Å². The van der Waals surface area contributed by atoms with Crippen molar-refractivity contribution in [2.75, 3.05) is 26.9 Å². The third-order valence-electron chi connectivity index (χ3n) is 4.35. The lowest BCUT2D eigenvalue weighted by atomic mass is 10.1. The first kappa shape index (κ1) is 23.3. The van der Waals surface area contributed by atoms with Crippen molar-refractivity contribution in [3.63, 3.8) is 0 Å². The summed E-state index contributed by atoms with van der Waals surface area (Å²) in [5.74, 6) is -0.926. The van der Waals surface area contributed by atoms with E-state index < -0.39 is 16.0 Å². The van der Waals surface area contributed by atoms with Crippen LogP contribution in [0.3, 0.4) is 0 Å². The van der Waals surface area contributed by atoms with Crippen LogP contribution in [0.5, 0.6) is 0 Å². The molecule has 0 unspecified atom stereocenters. The number of Topliss-reactive ketones (excluding diaryl/α,β-unsaturated/α-hetero) is 1. The maximum Gasteiger partial charge on any atom is 0.307 e. The van der Waals surface area contributed by atoms with Crippen molar-refractivity contribution in [2.24, 2.45) is 0 Å². The van der Waals surface area contributed by atoms with Crippen molar-refractivity contribution in [1.29, 1.82) is 0 Å². The number of carbonyl (C=O) groups excluding carboxylic acids is 2. The van der Waals surface area contributed by atoms with Crippen LogP contribution in [0.2, 0.25) is 0 Å². The molecule has 8 nitrogen and oxygen atoms in total. The summed E-state index contributed by atoms with van der Waals surface area (Å²) in [7, 11) is -1.98. The Balaban J connectivity index is 1.81. The highest BCUT2D eigenvalue weighted by atomic mass is 32.2. The van der Waals surface area contributed by atoms with Crippen LogP contribution in [0.15, 0.2) is 27.8 Å². The zero-order valence-electron chi connectivity index (χ0n) is 16.8. The number of hydrogen-bond acceptors (Lipinski definition) is 7. The quantitative estimate of drug-likeness (QED) is 0.307. The minimum absolute atomic E-state index is 0.0960. The molecule has 0 spiro atoms. The normalized spacial score (nSPS) is 11.6. The Labute approximate surface area is 174 Å². The first-order valence-corrected chi connectivity index (χ1v) is 11.5. The summed E-state index contributed by atoms with van der Waals surface area (Å²) in [4.78, 5) is 24.3. The summed E-state index contributed by atoms with van der Waals surface area (Å²) >= 11 is 1.09. The summed E-state index contributed by atoms with van der Waals surface area (Å²) < 4.78 is 38.6. The van der Waals surface area contributed by atoms with Gasteiger partial charge in [-0.25, -0.2) is 13.1 Å². The third-order valence-corrected chi connectivity index (χ3v) is 7.21. The molecule has 2 rings (SSSR count). The number of rotatable bonds is 12. The fourth-order valence-corrected chi connectivity index (χ4v) is 4.93. The van der Waals surface area contributed by atoms with E-state index >= 15 is 0 Å². The topological polar surface area (TPSA) is 104 Å². The van der Waals surface area contributed by atoms with Crippen LogP contribution >= 0.6 is 11.3 Å². The second-order valence-corrected chi connectivity index (χ2v) is 9.39. The molecule has 0 amide bonds. The number of thiophene rings is 1. The minimum Gasteiger partial charge on any atom is -0.457 e. The number of carbonyl (C=O) groups is 2. The molecular weight excluding hydrogens is 416 g/mol. The van der Waals surface area contributed by atoms with E-state index in [1.54, 1.807) is 24.6 Å². The molecule has 0 atom stereocenters. The Morgan fingerprint density at radius 1 is 1.28 bits per heavy atom. The van der Waals surface area contributed by atoms with E-state index in [1.165, 1.54) is 6.07 Å². The predicted molar refractivity (Wildman–Crippen MR) is 110 cm³/mol. The van der Waals surface area contributed by atoms with Crippen LogP contribution in [0.1, 0.15) is 34.6 Å². The fraction of sp³-hybridized carbons (Fsp3) is 0.474. The van der Waals surface area contributed by atoms with E-state index in [0.717, 1.165) is 35.7 Å². The van der Waals surface area contributed by atoms with Crippen molar-refractivity contribution in [3.8, 4) is 0 Å². The molecule has 29 heavy (non-hydrogen) atoms. The second kappa shape index (κ2) is 10.7. The molecule has 0 fully saturated rings. The molecule has 10 heteroatoms. The maximum absolute atomic E-state index is 12.4. The molecule has 0 aliphatic rings. The Morgan fingerprint density at radius 3 is 2.69 bits per heavy atom. The number of ether oxygens (including phenoxy) is 2. The van der Waals surface area contributed by atoms with Gasteiger partial charge in [-0.05, 0) is 37.8 Å². The van der Waals surface area contributed by atoms with Gasteiger partial charge in [-0.1, -0.05) is 6.07 Å². The van der Waals surface area contributed by atoms with Gasteiger partial charge >= 0.3 is 5.97 Å². The monoisotopic (exact) mass is 442 g/mol. The Hall–Kier alpha value is -2.01. The van der Waals surface area contributed by atoms with Crippen LogP contribution in [0, 0.1) is 13.8 Å². The number of methoxy groups -OCH3 is 1. The summed E-state index contributed by atoms with van der Waals surface area (Å²) in [6, 6.07) is 4.90. The highest BCUT2D eigenvalue weighted by Gasteiger charge is 2.18. The lowest BCUT2D eigenvalue weighted by Crippen LogP contribution is -2.26.